The number of pyridine rings is 1. The van der Waals surface area contributed by atoms with Gasteiger partial charge < -0.3 is 34.6 Å². The Balaban J connectivity index is 1.28. The van der Waals surface area contributed by atoms with Crippen LogP contribution in [0.15, 0.2) is 82.9 Å². The fraction of sp³-hybridized carbons (Fsp3) is 0.395. The van der Waals surface area contributed by atoms with E-state index in [4.69, 9.17) is 19.0 Å². The van der Waals surface area contributed by atoms with E-state index in [0.717, 1.165) is 11.8 Å². The van der Waals surface area contributed by atoms with E-state index >= 15 is 0 Å². The van der Waals surface area contributed by atoms with E-state index in [-0.39, 0.29) is 42.5 Å². The van der Waals surface area contributed by atoms with Gasteiger partial charge in [-0.2, -0.15) is 0 Å². The number of ether oxygens (including phenoxy) is 2. The lowest BCUT2D eigenvalue weighted by molar-refractivity contribution is -0.144. The number of sulfonamides is 1. The number of methoxy groups -OCH3 is 1. The number of carbonyl (C=O) groups is 3. The summed E-state index contributed by atoms with van der Waals surface area (Å²) in [7, 11) is -2.44. The van der Waals surface area contributed by atoms with E-state index < -0.39 is 57.6 Å². The molecule has 0 unspecified atom stereocenters. The number of aliphatic carboxylic acids is 1. The van der Waals surface area contributed by atoms with Gasteiger partial charge in [-0.1, -0.05) is 55.4 Å². The molecule has 54 heavy (non-hydrogen) atoms. The molecule has 3 amide bonds. The Hall–Kier alpha value is -5.48. The number of fused-ring (bicyclic) bond motifs is 1. The third-order valence-corrected chi connectivity index (χ3v) is 11.3. The van der Waals surface area contributed by atoms with Crippen molar-refractivity contribution in [1.29, 1.82) is 0 Å². The summed E-state index contributed by atoms with van der Waals surface area (Å²) in [6.45, 7) is 8.87. The number of likely N-dealkylation sites (tertiary alicyclic amines) is 1. The molecule has 2 aromatic heterocycles. The number of carboxylic acids is 1. The summed E-state index contributed by atoms with van der Waals surface area (Å²) in [5.74, 6) is -1.06. The average Bonchev–Trinajstić information content (AvgIpc) is 3.42. The highest BCUT2D eigenvalue weighted by molar-refractivity contribution is 7.89. The second-order valence-corrected chi connectivity index (χ2v) is 15.8. The maximum Gasteiger partial charge on any atom is 0.330 e. The lowest BCUT2D eigenvalue weighted by Crippen LogP contribution is -2.56. The van der Waals surface area contributed by atoms with E-state index in [1.807, 2.05) is 56.3 Å². The van der Waals surface area contributed by atoms with Crippen LogP contribution in [-0.2, 0) is 19.6 Å². The smallest absolute Gasteiger partial charge is 0.330 e. The van der Waals surface area contributed by atoms with Gasteiger partial charge in [0.25, 0.3) is 0 Å². The first-order valence-electron chi connectivity index (χ1n) is 17.6. The monoisotopic (exact) mass is 760 g/mol. The number of aromatic nitrogens is 2. The third-order valence-electron chi connectivity index (χ3n) is 9.80. The first kappa shape index (κ1) is 38.3. The molecule has 4 aromatic rings. The average molecular weight is 761 g/mol. The molecule has 0 bridgehead atoms. The van der Waals surface area contributed by atoms with E-state index in [1.165, 1.54) is 17.9 Å². The number of nitrogens with zero attached hydrogens (tertiary/aromatic N) is 3. The van der Waals surface area contributed by atoms with Crippen molar-refractivity contribution in [2.24, 2.45) is 11.8 Å². The molecule has 16 heteroatoms. The minimum Gasteiger partial charge on any atom is -0.497 e. The summed E-state index contributed by atoms with van der Waals surface area (Å²) >= 11 is 0. The van der Waals surface area contributed by atoms with Crippen molar-refractivity contribution >= 4 is 38.8 Å². The Morgan fingerprint density at radius 1 is 1.17 bits per heavy atom. The van der Waals surface area contributed by atoms with Crippen LogP contribution in [0.4, 0.5) is 4.79 Å². The van der Waals surface area contributed by atoms with Crippen LogP contribution in [0.25, 0.3) is 22.2 Å². The minimum atomic E-state index is -4.01. The number of urea groups is 1. The number of carbonyl (C=O) groups excluding carboxylic acids is 2. The van der Waals surface area contributed by atoms with Crippen LogP contribution in [0.3, 0.4) is 0 Å². The summed E-state index contributed by atoms with van der Waals surface area (Å²) in [5, 5.41) is 19.9. The normalized spacial score (nSPS) is 21.4. The van der Waals surface area contributed by atoms with Gasteiger partial charge >= 0.3 is 12.0 Å². The first-order valence-corrected chi connectivity index (χ1v) is 19.1. The van der Waals surface area contributed by atoms with Crippen molar-refractivity contribution in [3.8, 4) is 22.8 Å². The van der Waals surface area contributed by atoms with Crippen LogP contribution in [0.2, 0.25) is 0 Å². The van der Waals surface area contributed by atoms with Crippen LogP contribution in [-0.4, -0.2) is 90.4 Å². The molecule has 0 spiro atoms. The highest BCUT2D eigenvalue weighted by Crippen LogP contribution is 2.45. The van der Waals surface area contributed by atoms with Gasteiger partial charge in [0.2, 0.25) is 15.9 Å². The fourth-order valence-electron chi connectivity index (χ4n) is 6.87. The number of hydrogen-bond acceptors (Lipinski definition) is 10. The lowest BCUT2D eigenvalue weighted by Gasteiger charge is -2.28. The quantitative estimate of drug-likeness (QED) is 0.126. The Morgan fingerprint density at radius 3 is 2.56 bits per heavy atom. The number of rotatable bonds is 15. The highest BCUT2D eigenvalue weighted by atomic mass is 32.2. The summed E-state index contributed by atoms with van der Waals surface area (Å²) in [4.78, 5) is 46.4. The number of carboxylic acid groups (broad SMARTS) is 1. The van der Waals surface area contributed by atoms with Crippen molar-refractivity contribution in [2.45, 2.75) is 68.7 Å². The number of hydrogen-bond donors (Lipinski definition) is 4. The van der Waals surface area contributed by atoms with E-state index in [0.29, 0.717) is 34.5 Å². The molecule has 2 aliphatic rings. The summed E-state index contributed by atoms with van der Waals surface area (Å²) in [6.07, 6.45) is 2.52. The van der Waals surface area contributed by atoms with Crippen molar-refractivity contribution in [3.05, 3.63) is 79.2 Å². The molecule has 286 valence electrons. The predicted octanol–water partition coefficient (Wildman–Crippen LogP) is 4.28. The zero-order chi connectivity index (χ0) is 38.8. The Morgan fingerprint density at radius 2 is 1.93 bits per heavy atom. The summed E-state index contributed by atoms with van der Waals surface area (Å²) in [5.41, 5.74) is 0.577. The predicted molar refractivity (Wildman–Crippen MR) is 198 cm³/mol. The van der Waals surface area contributed by atoms with Gasteiger partial charge in [-0.05, 0) is 37.8 Å². The Labute approximate surface area is 313 Å². The zero-order valence-electron chi connectivity index (χ0n) is 30.4. The van der Waals surface area contributed by atoms with Crippen molar-refractivity contribution in [3.63, 3.8) is 0 Å². The zero-order valence-corrected chi connectivity index (χ0v) is 31.3. The largest absolute Gasteiger partial charge is 0.497 e. The second kappa shape index (κ2) is 15.5. The molecule has 3 heterocycles. The van der Waals surface area contributed by atoms with Gasteiger partial charge in [-0.3, -0.25) is 4.79 Å². The summed E-state index contributed by atoms with van der Waals surface area (Å²) in [6, 6.07) is 14.3. The first-order chi connectivity index (χ1) is 25.7. The Bertz CT molecular complexity index is 2160. The van der Waals surface area contributed by atoms with E-state index in [1.54, 1.807) is 19.2 Å². The minimum absolute atomic E-state index is 0.0322. The molecule has 4 N–H and O–H groups in total. The van der Waals surface area contributed by atoms with Crippen molar-refractivity contribution < 1.29 is 41.9 Å². The van der Waals surface area contributed by atoms with Gasteiger partial charge in [0, 0.05) is 48.0 Å². The third kappa shape index (κ3) is 8.04. The SMILES string of the molecule is C=C[C@@H]1C[C@]1(NC(=O)[C@@H]1C[C@@H](Oc2cc(-c3ccccc3)nc3cc(OC)ccc23)CN1C(=O)N[C@H](CNS(=O)(=O)c1cnoc1C)CC(C)C)C(=O)O. The number of amides is 3. The molecule has 5 atom stereocenters. The van der Waals surface area contributed by atoms with Gasteiger partial charge in [0.1, 0.15) is 34.1 Å². The maximum atomic E-state index is 14.1. The Kier molecular flexibility index (Phi) is 11.0. The summed E-state index contributed by atoms with van der Waals surface area (Å²) < 4.78 is 45.6. The molecular formula is C38H44N6O9S. The van der Waals surface area contributed by atoms with Gasteiger partial charge in [0.15, 0.2) is 5.76 Å². The van der Waals surface area contributed by atoms with Crippen LogP contribution < -0.4 is 24.8 Å². The molecule has 1 aliphatic carbocycles. The van der Waals surface area contributed by atoms with Gasteiger partial charge in [-0.15, -0.1) is 6.58 Å². The van der Waals surface area contributed by atoms with E-state index in [9.17, 15) is 27.9 Å². The van der Waals surface area contributed by atoms with Gasteiger partial charge in [0.05, 0.1) is 31.1 Å². The van der Waals surface area contributed by atoms with Crippen LogP contribution in [0.1, 0.15) is 38.9 Å². The number of aryl methyl sites for hydroxylation is 1. The lowest BCUT2D eigenvalue weighted by atomic mass is 10.0. The standard InChI is InChI=1S/C38H44N6O9S/c1-6-25-18-38(25,36(46)47)43-35(45)32-16-28(52-33-17-30(24-10-8-7-9-11-24)42-31-15-27(51-5)12-13-29(31)33)21-44(32)37(48)41-26(14-22(2)3)19-40-54(49,50)34-20-39-53-23(34)4/h6-13,15,17,20,22,25-26,28,32,40H,1,14,16,18-19,21H2,2-5H3,(H,41,48)(H,43,45)(H,46,47)/t25-,26+,28-,32+,38-/m1/s1. The molecular weight excluding hydrogens is 717 g/mol. The van der Waals surface area contributed by atoms with Crippen LogP contribution >= 0.6 is 0 Å². The molecule has 2 aromatic carbocycles. The molecule has 1 saturated carbocycles. The van der Waals surface area contributed by atoms with Crippen molar-refractivity contribution in [1.82, 2.24) is 30.4 Å². The van der Waals surface area contributed by atoms with E-state index in [2.05, 4.69) is 27.1 Å². The van der Waals surface area contributed by atoms with Crippen molar-refractivity contribution in [2.75, 3.05) is 20.2 Å². The van der Waals surface area contributed by atoms with Gasteiger partial charge in [-0.25, -0.2) is 27.7 Å². The highest BCUT2D eigenvalue weighted by Gasteiger charge is 2.61. The van der Waals surface area contributed by atoms with Crippen LogP contribution in [0, 0.1) is 18.8 Å². The fourth-order valence-corrected chi connectivity index (χ4v) is 8.04. The molecule has 15 nitrogen and oxygen atoms in total. The number of benzene rings is 2. The molecule has 2 fully saturated rings. The second-order valence-electron chi connectivity index (χ2n) is 14.1. The number of nitrogens with one attached hydrogen (secondary N) is 3. The molecule has 1 aliphatic heterocycles. The molecule has 0 radical (unpaired) electrons. The topological polar surface area (TPSA) is 202 Å². The van der Waals surface area contributed by atoms with Crippen LogP contribution in [0.5, 0.6) is 11.5 Å². The molecule has 1 saturated heterocycles. The maximum absolute atomic E-state index is 14.1. The molecule has 6 rings (SSSR count).